The van der Waals surface area contributed by atoms with Crippen LogP contribution in [0.5, 0.6) is 0 Å². The first-order valence-electron chi connectivity index (χ1n) is 8.77. The zero-order valence-electron chi connectivity index (χ0n) is 16.7. The van der Waals surface area contributed by atoms with Gasteiger partial charge in [0.15, 0.2) is 0 Å². The van der Waals surface area contributed by atoms with Crippen molar-refractivity contribution in [3.8, 4) is 0 Å². The van der Waals surface area contributed by atoms with Crippen LogP contribution >= 0.6 is 11.6 Å². The van der Waals surface area contributed by atoms with Gasteiger partial charge in [-0.2, -0.15) is 0 Å². The second-order valence-electron chi connectivity index (χ2n) is 7.70. The summed E-state index contributed by atoms with van der Waals surface area (Å²) in [5.74, 6) is -0.783. The van der Waals surface area contributed by atoms with E-state index >= 15 is 0 Å². The molecule has 8 heteroatoms. The van der Waals surface area contributed by atoms with E-state index in [0.29, 0.717) is 17.0 Å². The van der Waals surface area contributed by atoms with E-state index in [9.17, 15) is 13.8 Å². The van der Waals surface area contributed by atoms with E-state index in [1.807, 2.05) is 34.6 Å². The standard InChI is InChI=1S/C19H29ClN2O4S/c1-12(2)11-15(18(24)26-6)21-17(23)16(22-27(25)19(3,4)5)13-7-9-14(20)10-8-13/h7-10,12,15-16,22H,11H2,1-6H3,(H,21,23)/t15-,16+,27?/m0/s1. The Bertz CT molecular complexity index is 671. The van der Waals surface area contributed by atoms with Crippen molar-refractivity contribution in [1.29, 1.82) is 0 Å². The molecular weight excluding hydrogens is 388 g/mol. The maximum atomic E-state index is 13.0. The van der Waals surface area contributed by atoms with Gasteiger partial charge in [0.2, 0.25) is 5.91 Å². The zero-order valence-corrected chi connectivity index (χ0v) is 18.2. The Morgan fingerprint density at radius 2 is 1.74 bits per heavy atom. The van der Waals surface area contributed by atoms with Gasteiger partial charge in [0.1, 0.15) is 12.1 Å². The minimum absolute atomic E-state index is 0.181. The van der Waals surface area contributed by atoms with Crippen LogP contribution < -0.4 is 10.0 Å². The fourth-order valence-corrected chi connectivity index (χ4v) is 3.23. The Labute approximate surface area is 169 Å². The predicted octanol–water partition coefficient (Wildman–Crippen LogP) is 3.14. The quantitative estimate of drug-likeness (QED) is 0.637. The number of halogens is 1. The molecule has 0 aromatic heterocycles. The number of carbonyl (C=O) groups is 2. The minimum atomic E-state index is -1.49. The molecule has 0 aliphatic carbocycles. The lowest BCUT2D eigenvalue weighted by Crippen LogP contribution is -2.48. The molecule has 0 fully saturated rings. The Morgan fingerprint density at radius 3 is 2.19 bits per heavy atom. The van der Waals surface area contributed by atoms with Crippen LogP contribution in [0.3, 0.4) is 0 Å². The highest BCUT2D eigenvalue weighted by Crippen LogP contribution is 2.21. The smallest absolute Gasteiger partial charge is 0.328 e. The number of nitrogens with one attached hydrogen (secondary N) is 2. The molecule has 0 aliphatic rings. The van der Waals surface area contributed by atoms with E-state index in [-0.39, 0.29) is 5.92 Å². The Hall–Kier alpha value is -1.44. The van der Waals surface area contributed by atoms with Crippen molar-refractivity contribution in [1.82, 2.24) is 10.0 Å². The second kappa shape index (κ2) is 10.2. The molecule has 0 saturated carbocycles. The summed E-state index contributed by atoms with van der Waals surface area (Å²) in [6.07, 6.45) is 0.439. The highest BCUT2D eigenvalue weighted by molar-refractivity contribution is 7.84. The summed E-state index contributed by atoms with van der Waals surface area (Å²) in [4.78, 5) is 25.0. The van der Waals surface area contributed by atoms with E-state index in [1.165, 1.54) is 7.11 Å². The Balaban J connectivity index is 3.12. The molecule has 1 aromatic carbocycles. The fourth-order valence-electron chi connectivity index (χ4n) is 2.29. The fraction of sp³-hybridized carbons (Fsp3) is 0.579. The summed E-state index contributed by atoms with van der Waals surface area (Å²) >= 11 is 5.93. The van der Waals surface area contributed by atoms with Crippen LogP contribution in [0.15, 0.2) is 24.3 Å². The lowest BCUT2D eigenvalue weighted by atomic mass is 10.0. The molecule has 1 unspecified atom stereocenters. The van der Waals surface area contributed by atoms with E-state index in [0.717, 1.165) is 0 Å². The zero-order chi connectivity index (χ0) is 20.8. The van der Waals surface area contributed by atoms with Gasteiger partial charge in [-0.15, -0.1) is 0 Å². The SMILES string of the molecule is COC(=O)[C@H](CC(C)C)NC(=O)[C@H](NS(=O)C(C)(C)C)c1ccc(Cl)cc1. The van der Waals surface area contributed by atoms with Crippen LogP contribution in [0.25, 0.3) is 0 Å². The maximum Gasteiger partial charge on any atom is 0.328 e. The lowest BCUT2D eigenvalue weighted by molar-refractivity contribution is -0.145. The van der Waals surface area contributed by atoms with Gasteiger partial charge in [-0.1, -0.05) is 37.6 Å². The lowest BCUT2D eigenvalue weighted by Gasteiger charge is -2.26. The van der Waals surface area contributed by atoms with E-state index in [2.05, 4.69) is 10.0 Å². The first-order valence-corrected chi connectivity index (χ1v) is 10.3. The molecule has 1 aromatic rings. The van der Waals surface area contributed by atoms with E-state index in [1.54, 1.807) is 24.3 Å². The van der Waals surface area contributed by atoms with Crippen molar-refractivity contribution in [2.45, 2.75) is 57.9 Å². The normalized spacial score (nSPS) is 15.1. The van der Waals surface area contributed by atoms with Crippen LogP contribution in [-0.2, 0) is 25.3 Å². The molecule has 3 atom stereocenters. The van der Waals surface area contributed by atoms with Crippen LogP contribution in [0, 0.1) is 5.92 Å². The van der Waals surface area contributed by atoms with Gasteiger partial charge in [0.25, 0.3) is 0 Å². The first kappa shape index (κ1) is 23.6. The van der Waals surface area contributed by atoms with E-state index in [4.69, 9.17) is 16.3 Å². The molecule has 1 rings (SSSR count). The third-order valence-electron chi connectivity index (χ3n) is 3.76. The third kappa shape index (κ3) is 7.60. The third-order valence-corrected chi connectivity index (χ3v) is 5.57. The average molecular weight is 417 g/mol. The number of esters is 1. The van der Waals surface area contributed by atoms with Crippen molar-refractivity contribution in [2.75, 3.05) is 7.11 Å². The topological polar surface area (TPSA) is 84.5 Å². The number of methoxy groups -OCH3 is 1. The summed E-state index contributed by atoms with van der Waals surface area (Å²) < 4.78 is 19.7. The van der Waals surface area contributed by atoms with Gasteiger partial charge in [-0.05, 0) is 50.8 Å². The van der Waals surface area contributed by atoms with Crippen molar-refractivity contribution in [2.24, 2.45) is 5.92 Å². The summed E-state index contributed by atoms with van der Waals surface area (Å²) in [6, 6.07) is 5.02. The van der Waals surface area contributed by atoms with Crippen LogP contribution in [0.1, 0.15) is 52.6 Å². The minimum Gasteiger partial charge on any atom is -0.467 e. The van der Waals surface area contributed by atoms with E-state index < -0.39 is 39.7 Å². The summed E-state index contributed by atoms with van der Waals surface area (Å²) in [5, 5.41) is 3.26. The molecule has 6 nitrogen and oxygen atoms in total. The van der Waals surface area contributed by atoms with Crippen molar-refractivity contribution in [3.05, 3.63) is 34.9 Å². The van der Waals surface area contributed by atoms with Crippen LogP contribution in [0.2, 0.25) is 5.02 Å². The summed E-state index contributed by atoms with van der Waals surface area (Å²) in [7, 11) is -0.209. The molecule has 0 heterocycles. The second-order valence-corrected chi connectivity index (χ2v) is 10.1. The monoisotopic (exact) mass is 416 g/mol. The molecule has 0 aliphatic heterocycles. The van der Waals surface area contributed by atoms with Gasteiger partial charge >= 0.3 is 5.97 Å². The number of benzene rings is 1. The van der Waals surface area contributed by atoms with Gasteiger partial charge < -0.3 is 10.1 Å². The van der Waals surface area contributed by atoms with Crippen molar-refractivity contribution in [3.63, 3.8) is 0 Å². The molecule has 27 heavy (non-hydrogen) atoms. The molecule has 0 radical (unpaired) electrons. The molecule has 0 bridgehead atoms. The number of ether oxygens (including phenoxy) is 1. The number of hydrogen-bond acceptors (Lipinski definition) is 4. The Morgan fingerprint density at radius 1 is 1.19 bits per heavy atom. The molecule has 0 saturated heterocycles. The Kier molecular flexibility index (Phi) is 8.91. The maximum absolute atomic E-state index is 13.0. The molecule has 2 N–H and O–H groups in total. The average Bonchev–Trinajstić information content (AvgIpc) is 2.57. The largest absolute Gasteiger partial charge is 0.467 e. The summed E-state index contributed by atoms with van der Waals surface area (Å²) in [5.41, 5.74) is 0.600. The number of rotatable bonds is 8. The first-order chi connectivity index (χ1) is 12.5. The molecular formula is C19H29ClN2O4S. The predicted molar refractivity (Wildman–Crippen MR) is 109 cm³/mol. The highest BCUT2D eigenvalue weighted by Gasteiger charge is 2.31. The van der Waals surface area contributed by atoms with Crippen LogP contribution in [0.4, 0.5) is 0 Å². The van der Waals surface area contributed by atoms with Gasteiger partial charge in [0, 0.05) is 5.02 Å². The highest BCUT2D eigenvalue weighted by atomic mass is 35.5. The van der Waals surface area contributed by atoms with Crippen molar-refractivity contribution < 1.29 is 18.5 Å². The van der Waals surface area contributed by atoms with Crippen molar-refractivity contribution >= 4 is 34.5 Å². The number of hydrogen-bond donors (Lipinski definition) is 2. The van der Waals surface area contributed by atoms with Gasteiger partial charge in [-0.25, -0.2) is 13.7 Å². The number of amides is 1. The van der Waals surface area contributed by atoms with Gasteiger partial charge in [0.05, 0.1) is 22.8 Å². The molecule has 152 valence electrons. The van der Waals surface area contributed by atoms with Crippen LogP contribution in [-0.4, -0.2) is 34.0 Å². The number of carbonyl (C=O) groups excluding carboxylic acids is 2. The molecule has 0 spiro atoms. The summed E-state index contributed by atoms with van der Waals surface area (Å²) in [6.45, 7) is 9.33. The van der Waals surface area contributed by atoms with Gasteiger partial charge in [-0.3, -0.25) is 4.79 Å². The molecule has 1 amide bonds.